The van der Waals surface area contributed by atoms with Gasteiger partial charge in [-0.05, 0) is 68.0 Å². The summed E-state index contributed by atoms with van der Waals surface area (Å²) in [5.41, 5.74) is 1.96. The third kappa shape index (κ3) is 6.38. The Balaban J connectivity index is 1.61. The average Bonchev–Trinajstić information content (AvgIpc) is 2.73. The van der Waals surface area contributed by atoms with E-state index in [0.717, 1.165) is 11.3 Å². The number of amides is 1. The predicted octanol–water partition coefficient (Wildman–Crippen LogP) is 3.64. The number of benzene rings is 2. The molecule has 160 valence electrons. The molecule has 9 heteroatoms. The lowest BCUT2D eigenvalue weighted by molar-refractivity contribution is -0.111. The predicted molar refractivity (Wildman–Crippen MR) is 119 cm³/mol. The van der Waals surface area contributed by atoms with Gasteiger partial charge in [0.1, 0.15) is 5.75 Å². The fraction of sp³-hybridized carbons (Fsp3) is 0.136. The van der Waals surface area contributed by atoms with Crippen LogP contribution in [0.4, 0.5) is 11.6 Å². The highest BCUT2D eigenvalue weighted by molar-refractivity contribution is 7.92. The zero-order valence-electron chi connectivity index (χ0n) is 17.1. The maximum Gasteiger partial charge on any atom is 0.264 e. The molecule has 0 atom stereocenters. The molecule has 0 aliphatic heterocycles. The molecule has 2 N–H and O–H groups in total. The average molecular weight is 439 g/mol. The highest BCUT2D eigenvalue weighted by atomic mass is 32.2. The number of nitrogens with zero attached hydrogens (tertiary/aromatic N) is 2. The van der Waals surface area contributed by atoms with E-state index >= 15 is 0 Å². The minimum atomic E-state index is -3.84. The van der Waals surface area contributed by atoms with Crippen LogP contribution in [0.25, 0.3) is 6.08 Å². The summed E-state index contributed by atoms with van der Waals surface area (Å²) >= 11 is 0. The van der Waals surface area contributed by atoms with Crippen LogP contribution >= 0.6 is 0 Å². The van der Waals surface area contributed by atoms with Gasteiger partial charge in [-0.1, -0.05) is 12.1 Å². The third-order valence-electron chi connectivity index (χ3n) is 4.07. The molecule has 0 bridgehead atoms. The highest BCUT2D eigenvalue weighted by Gasteiger charge is 2.15. The van der Waals surface area contributed by atoms with Crippen LogP contribution in [0, 0.1) is 6.92 Å². The zero-order chi connectivity index (χ0) is 22.3. The molecule has 0 radical (unpaired) electrons. The number of carbonyl (C=O) groups excluding carboxylic acids is 1. The van der Waals surface area contributed by atoms with Gasteiger partial charge in [-0.15, -0.1) is 0 Å². The zero-order valence-corrected chi connectivity index (χ0v) is 17.9. The molecule has 0 saturated carbocycles. The Morgan fingerprint density at radius 3 is 2.42 bits per heavy atom. The van der Waals surface area contributed by atoms with E-state index in [1.807, 2.05) is 31.2 Å². The van der Waals surface area contributed by atoms with Crippen molar-refractivity contribution in [3.63, 3.8) is 0 Å². The lowest BCUT2D eigenvalue weighted by Gasteiger charge is -2.08. The van der Waals surface area contributed by atoms with Crippen molar-refractivity contribution in [2.24, 2.45) is 0 Å². The smallest absolute Gasteiger partial charge is 0.264 e. The Morgan fingerprint density at radius 2 is 1.77 bits per heavy atom. The normalized spacial score (nSPS) is 11.3. The van der Waals surface area contributed by atoms with E-state index in [1.165, 1.54) is 36.5 Å². The maximum absolute atomic E-state index is 12.5. The molecule has 0 unspecified atom stereocenters. The molecule has 0 spiro atoms. The largest absolute Gasteiger partial charge is 0.494 e. The van der Waals surface area contributed by atoms with Crippen LogP contribution in [0.1, 0.15) is 18.2 Å². The summed E-state index contributed by atoms with van der Waals surface area (Å²) in [5.74, 6) is 0.426. The topological polar surface area (TPSA) is 110 Å². The fourth-order valence-corrected chi connectivity index (χ4v) is 3.54. The lowest BCUT2D eigenvalue weighted by atomic mass is 10.2. The van der Waals surface area contributed by atoms with E-state index in [9.17, 15) is 13.2 Å². The minimum Gasteiger partial charge on any atom is -0.494 e. The first-order valence-corrected chi connectivity index (χ1v) is 11.0. The van der Waals surface area contributed by atoms with Crippen LogP contribution in [-0.4, -0.2) is 30.9 Å². The summed E-state index contributed by atoms with van der Waals surface area (Å²) in [4.78, 5) is 20.1. The highest BCUT2D eigenvalue weighted by Crippen LogP contribution is 2.17. The van der Waals surface area contributed by atoms with E-state index in [0.29, 0.717) is 18.0 Å². The Labute approximate surface area is 181 Å². The standard InChI is InChI=1S/C22H22N4O4S/c1-3-30-19-9-4-17(5-10-19)6-13-21(27)25-18-7-11-20(12-8-18)31(28,29)26-22-23-15-14-16(2)24-22/h4-15H,3H2,1-2H3,(H,25,27)(H,23,24,26)/b13-6+. The molecule has 2 aromatic carbocycles. The van der Waals surface area contributed by atoms with Crippen LogP contribution in [0.15, 0.2) is 71.8 Å². The summed E-state index contributed by atoms with van der Waals surface area (Å²) in [7, 11) is -3.84. The molecule has 0 aliphatic carbocycles. The number of hydrogen-bond donors (Lipinski definition) is 2. The Kier molecular flexibility index (Phi) is 6.99. The summed E-state index contributed by atoms with van der Waals surface area (Å²) < 4.78 is 32.7. The first kappa shape index (κ1) is 22.0. The Morgan fingerprint density at radius 1 is 1.06 bits per heavy atom. The summed E-state index contributed by atoms with van der Waals surface area (Å²) in [5, 5.41) is 2.69. The van der Waals surface area contributed by atoms with Gasteiger partial charge in [0, 0.05) is 23.7 Å². The van der Waals surface area contributed by atoms with Gasteiger partial charge in [-0.3, -0.25) is 4.79 Å². The number of hydrogen-bond acceptors (Lipinski definition) is 6. The molecule has 1 heterocycles. The van der Waals surface area contributed by atoms with Gasteiger partial charge in [-0.25, -0.2) is 23.1 Å². The van der Waals surface area contributed by atoms with Crippen molar-refractivity contribution in [2.75, 3.05) is 16.6 Å². The van der Waals surface area contributed by atoms with Crippen LogP contribution in [0.5, 0.6) is 5.75 Å². The van der Waals surface area contributed by atoms with Crippen LogP contribution in [-0.2, 0) is 14.8 Å². The molecular weight excluding hydrogens is 416 g/mol. The molecule has 3 aromatic rings. The fourth-order valence-electron chi connectivity index (χ4n) is 2.59. The second-order valence-electron chi connectivity index (χ2n) is 6.48. The van der Waals surface area contributed by atoms with E-state index in [-0.39, 0.29) is 16.8 Å². The number of sulfonamides is 1. The molecule has 0 fully saturated rings. The molecule has 1 aromatic heterocycles. The van der Waals surface area contributed by atoms with Gasteiger partial charge in [0.15, 0.2) is 0 Å². The summed E-state index contributed by atoms with van der Waals surface area (Å²) in [6, 6.07) is 14.8. The minimum absolute atomic E-state index is 0.00296. The number of nitrogens with one attached hydrogen (secondary N) is 2. The van der Waals surface area contributed by atoms with E-state index in [4.69, 9.17) is 4.74 Å². The van der Waals surface area contributed by atoms with E-state index in [2.05, 4.69) is 20.0 Å². The molecule has 31 heavy (non-hydrogen) atoms. The van der Waals surface area contributed by atoms with Gasteiger partial charge in [0.05, 0.1) is 11.5 Å². The number of rotatable bonds is 8. The van der Waals surface area contributed by atoms with Gasteiger partial charge >= 0.3 is 0 Å². The number of carbonyl (C=O) groups is 1. The van der Waals surface area contributed by atoms with Crippen LogP contribution < -0.4 is 14.8 Å². The lowest BCUT2D eigenvalue weighted by Crippen LogP contribution is -2.15. The second-order valence-corrected chi connectivity index (χ2v) is 8.16. The molecule has 0 saturated heterocycles. The number of ether oxygens (including phenoxy) is 1. The summed E-state index contributed by atoms with van der Waals surface area (Å²) in [6.07, 6.45) is 4.55. The molecule has 0 aliphatic rings. The van der Waals surface area contributed by atoms with Gasteiger partial charge in [0.2, 0.25) is 11.9 Å². The van der Waals surface area contributed by atoms with Gasteiger partial charge in [0.25, 0.3) is 10.0 Å². The van der Waals surface area contributed by atoms with Crippen LogP contribution in [0.3, 0.4) is 0 Å². The molecule has 8 nitrogen and oxygen atoms in total. The van der Waals surface area contributed by atoms with Crippen molar-refractivity contribution < 1.29 is 17.9 Å². The number of anilines is 2. The summed E-state index contributed by atoms with van der Waals surface area (Å²) in [6.45, 7) is 4.24. The number of aryl methyl sites for hydroxylation is 1. The van der Waals surface area contributed by atoms with Crippen LogP contribution in [0.2, 0.25) is 0 Å². The van der Waals surface area contributed by atoms with E-state index < -0.39 is 10.0 Å². The van der Waals surface area contributed by atoms with Crippen molar-refractivity contribution >= 4 is 33.6 Å². The SMILES string of the molecule is CCOc1ccc(/C=C/C(=O)Nc2ccc(S(=O)(=O)Nc3nccc(C)n3)cc2)cc1. The molecular formula is C22H22N4O4S. The second kappa shape index (κ2) is 9.86. The quantitative estimate of drug-likeness (QED) is 0.520. The van der Waals surface area contributed by atoms with E-state index in [1.54, 1.807) is 19.1 Å². The molecule has 3 rings (SSSR count). The Bertz CT molecular complexity index is 1170. The van der Waals surface area contributed by atoms with Gasteiger partial charge in [-0.2, -0.15) is 0 Å². The van der Waals surface area contributed by atoms with Crippen molar-refractivity contribution in [3.8, 4) is 5.75 Å². The first-order valence-electron chi connectivity index (χ1n) is 9.50. The first-order chi connectivity index (χ1) is 14.9. The van der Waals surface area contributed by atoms with Crippen molar-refractivity contribution in [1.29, 1.82) is 0 Å². The van der Waals surface area contributed by atoms with Crippen molar-refractivity contribution in [2.45, 2.75) is 18.7 Å². The molecule has 1 amide bonds. The van der Waals surface area contributed by atoms with Gasteiger partial charge < -0.3 is 10.1 Å². The number of aromatic nitrogens is 2. The Hall–Kier alpha value is -3.72. The van der Waals surface area contributed by atoms with Crippen molar-refractivity contribution in [3.05, 3.63) is 78.1 Å². The monoisotopic (exact) mass is 438 g/mol. The van der Waals surface area contributed by atoms with Crippen molar-refractivity contribution in [1.82, 2.24) is 9.97 Å². The maximum atomic E-state index is 12.5. The third-order valence-corrected chi connectivity index (χ3v) is 5.41.